The van der Waals surface area contributed by atoms with Crippen LogP contribution in [0.15, 0.2) is 42.5 Å². The predicted octanol–water partition coefficient (Wildman–Crippen LogP) is 3.65. The van der Waals surface area contributed by atoms with Crippen molar-refractivity contribution in [1.82, 2.24) is 4.90 Å². The number of nitrogens with zero attached hydrogens (tertiary/aromatic N) is 1. The zero-order valence-corrected chi connectivity index (χ0v) is 16.5. The number of hydrogen-bond donors (Lipinski definition) is 1. The molecule has 0 saturated heterocycles. The van der Waals surface area contributed by atoms with Crippen molar-refractivity contribution in [2.75, 3.05) is 25.5 Å². The Morgan fingerprint density at radius 1 is 1.18 bits per heavy atom. The van der Waals surface area contributed by atoms with E-state index in [-0.39, 0.29) is 17.9 Å². The van der Waals surface area contributed by atoms with Crippen LogP contribution >= 0.6 is 0 Å². The zero-order valence-electron chi connectivity index (χ0n) is 16.5. The molecule has 2 aromatic carbocycles. The lowest BCUT2D eigenvalue weighted by molar-refractivity contribution is -0.116. The Bertz CT molecular complexity index is 865. The second-order valence-electron chi connectivity index (χ2n) is 7.01. The molecule has 0 bridgehead atoms. The Morgan fingerprint density at radius 3 is 2.68 bits per heavy atom. The standard InChI is InChI=1S/C22H26N2O4/c1-4-7-21(25)23-18-12-16(11-10-15(18)2)22(26)24(3)13-17-14-27-19-8-5-6-9-20(19)28-17/h5-6,8-12,17H,4,7,13-14H2,1-3H3,(H,23,25). The van der Waals surface area contributed by atoms with E-state index < -0.39 is 0 Å². The van der Waals surface area contributed by atoms with Gasteiger partial charge in [-0.25, -0.2) is 0 Å². The van der Waals surface area contributed by atoms with Gasteiger partial charge in [-0.05, 0) is 43.2 Å². The molecular formula is C22H26N2O4. The second-order valence-corrected chi connectivity index (χ2v) is 7.01. The molecule has 1 heterocycles. The quantitative estimate of drug-likeness (QED) is 0.828. The molecule has 6 nitrogen and oxygen atoms in total. The fourth-order valence-corrected chi connectivity index (χ4v) is 3.09. The molecule has 0 aliphatic carbocycles. The summed E-state index contributed by atoms with van der Waals surface area (Å²) in [5.74, 6) is 1.23. The van der Waals surface area contributed by atoms with E-state index in [9.17, 15) is 9.59 Å². The summed E-state index contributed by atoms with van der Waals surface area (Å²) >= 11 is 0. The molecule has 2 amide bonds. The maximum absolute atomic E-state index is 12.9. The fraction of sp³-hybridized carbons (Fsp3) is 0.364. The van der Waals surface area contributed by atoms with Crippen molar-refractivity contribution in [3.05, 3.63) is 53.6 Å². The van der Waals surface area contributed by atoms with Crippen LogP contribution in [0.25, 0.3) is 0 Å². The molecule has 0 fully saturated rings. The third-order valence-corrected chi connectivity index (χ3v) is 4.63. The smallest absolute Gasteiger partial charge is 0.253 e. The van der Waals surface area contributed by atoms with Crippen LogP contribution in [0.5, 0.6) is 11.5 Å². The number of ether oxygens (including phenoxy) is 2. The first-order valence-electron chi connectivity index (χ1n) is 9.52. The SMILES string of the molecule is CCCC(=O)Nc1cc(C(=O)N(C)CC2COc3ccccc3O2)ccc1C. The normalized spacial score (nSPS) is 15.0. The first kappa shape index (κ1) is 19.7. The number of likely N-dealkylation sites (N-methyl/N-ethyl adjacent to an activating group) is 1. The molecule has 1 N–H and O–H groups in total. The predicted molar refractivity (Wildman–Crippen MR) is 108 cm³/mol. The van der Waals surface area contributed by atoms with E-state index in [4.69, 9.17) is 9.47 Å². The van der Waals surface area contributed by atoms with Gasteiger partial charge >= 0.3 is 0 Å². The summed E-state index contributed by atoms with van der Waals surface area (Å²) in [6.07, 6.45) is 0.995. The number of anilines is 1. The van der Waals surface area contributed by atoms with E-state index in [1.165, 1.54) is 0 Å². The average molecular weight is 382 g/mol. The molecule has 0 spiro atoms. The van der Waals surface area contributed by atoms with Gasteiger partial charge in [0.15, 0.2) is 17.6 Å². The van der Waals surface area contributed by atoms with E-state index in [1.807, 2.05) is 44.2 Å². The van der Waals surface area contributed by atoms with Gasteiger partial charge in [-0.15, -0.1) is 0 Å². The third-order valence-electron chi connectivity index (χ3n) is 4.63. The van der Waals surface area contributed by atoms with Crippen molar-refractivity contribution >= 4 is 17.5 Å². The summed E-state index contributed by atoms with van der Waals surface area (Å²) < 4.78 is 11.6. The van der Waals surface area contributed by atoms with Gasteiger partial charge in [-0.3, -0.25) is 9.59 Å². The van der Waals surface area contributed by atoms with Gasteiger partial charge in [-0.2, -0.15) is 0 Å². The summed E-state index contributed by atoms with van der Waals surface area (Å²) in [6, 6.07) is 12.9. The third kappa shape index (κ3) is 4.63. The molecule has 0 aromatic heterocycles. The maximum Gasteiger partial charge on any atom is 0.253 e. The molecule has 2 aromatic rings. The van der Waals surface area contributed by atoms with Crippen molar-refractivity contribution in [2.45, 2.75) is 32.8 Å². The summed E-state index contributed by atoms with van der Waals surface area (Å²) in [5.41, 5.74) is 2.12. The number of carbonyl (C=O) groups is 2. The monoisotopic (exact) mass is 382 g/mol. The molecule has 1 aliphatic rings. The minimum absolute atomic E-state index is 0.0463. The highest BCUT2D eigenvalue weighted by molar-refractivity contribution is 5.97. The van der Waals surface area contributed by atoms with Gasteiger partial charge in [0.2, 0.25) is 5.91 Å². The molecular weight excluding hydrogens is 356 g/mol. The highest BCUT2D eigenvalue weighted by Gasteiger charge is 2.24. The number of benzene rings is 2. The number of hydrogen-bond acceptors (Lipinski definition) is 4. The first-order valence-corrected chi connectivity index (χ1v) is 9.52. The van der Waals surface area contributed by atoms with Gasteiger partial charge in [0.05, 0.1) is 6.54 Å². The molecule has 6 heteroatoms. The first-order chi connectivity index (χ1) is 13.5. The van der Waals surface area contributed by atoms with E-state index in [0.29, 0.717) is 36.6 Å². The van der Waals surface area contributed by atoms with E-state index in [0.717, 1.165) is 17.7 Å². The van der Waals surface area contributed by atoms with Crippen LogP contribution in [0.2, 0.25) is 0 Å². The molecule has 1 unspecified atom stereocenters. The Morgan fingerprint density at radius 2 is 1.93 bits per heavy atom. The van der Waals surface area contributed by atoms with Crippen molar-refractivity contribution in [3.63, 3.8) is 0 Å². The van der Waals surface area contributed by atoms with Gasteiger partial charge < -0.3 is 19.7 Å². The maximum atomic E-state index is 12.9. The minimum Gasteiger partial charge on any atom is -0.486 e. The second kappa shape index (κ2) is 8.78. The van der Waals surface area contributed by atoms with Crippen molar-refractivity contribution in [3.8, 4) is 11.5 Å². The van der Waals surface area contributed by atoms with E-state index in [2.05, 4.69) is 5.32 Å². The molecule has 3 rings (SSSR count). The van der Waals surface area contributed by atoms with Crippen LogP contribution in [0.1, 0.15) is 35.7 Å². The Kier molecular flexibility index (Phi) is 6.19. The lowest BCUT2D eigenvalue weighted by atomic mass is 10.1. The number of carbonyl (C=O) groups excluding carboxylic acids is 2. The topological polar surface area (TPSA) is 67.9 Å². The van der Waals surface area contributed by atoms with Crippen LogP contribution in [-0.2, 0) is 4.79 Å². The summed E-state index contributed by atoms with van der Waals surface area (Å²) in [7, 11) is 1.74. The lowest BCUT2D eigenvalue weighted by Crippen LogP contribution is -2.41. The van der Waals surface area contributed by atoms with Gasteiger partial charge in [0.1, 0.15) is 6.61 Å². The molecule has 1 aliphatic heterocycles. The average Bonchev–Trinajstić information content (AvgIpc) is 2.69. The number of amides is 2. The summed E-state index contributed by atoms with van der Waals surface area (Å²) in [5, 5.41) is 2.88. The number of nitrogens with one attached hydrogen (secondary N) is 1. The Hall–Kier alpha value is -3.02. The summed E-state index contributed by atoms with van der Waals surface area (Å²) in [6.45, 7) is 4.65. The van der Waals surface area contributed by atoms with E-state index >= 15 is 0 Å². The zero-order chi connectivity index (χ0) is 20.1. The highest BCUT2D eigenvalue weighted by atomic mass is 16.6. The molecule has 28 heavy (non-hydrogen) atoms. The van der Waals surface area contributed by atoms with Crippen molar-refractivity contribution < 1.29 is 19.1 Å². The van der Waals surface area contributed by atoms with Crippen LogP contribution in [-0.4, -0.2) is 43.0 Å². The summed E-state index contributed by atoms with van der Waals surface area (Å²) in [4.78, 5) is 26.4. The molecule has 0 saturated carbocycles. The number of rotatable bonds is 6. The van der Waals surface area contributed by atoms with Crippen LogP contribution in [0, 0.1) is 6.92 Å². The van der Waals surface area contributed by atoms with Crippen LogP contribution < -0.4 is 14.8 Å². The van der Waals surface area contributed by atoms with Gasteiger partial charge in [0.25, 0.3) is 5.91 Å². The number of aryl methyl sites for hydroxylation is 1. The molecule has 0 radical (unpaired) electrons. The van der Waals surface area contributed by atoms with Gasteiger partial charge in [-0.1, -0.05) is 25.1 Å². The molecule has 1 atom stereocenters. The Labute approximate surface area is 165 Å². The van der Waals surface area contributed by atoms with E-state index in [1.54, 1.807) is 24.1 Å². The lowest BCUT2D eigenvalue weighted by Gasteiger charge is -2.29. The Balaban J connectivity index is 1.66. The van der Waals surface area contributed by atoms with Crippen molar-refractivity contribution in [2.24, 2.45) is 0 Å². The largest absolute Gasteiger partial charge is 0.486 e. The van der Waals surface area contributed by atoms with Crippen LogP contribution in [0.4, 0.5) is 5.69 Å². The number of para-hydroxylation sites is 2. The fourth-order valence-electron chi connectivity index (χ4n) is 3.09. The minimum atomic E-state index is -0.238. The number of fused-ring (bicyclic) bond motifs is 1. The molecule has 148 valence electrons. The van der Waals surface area contributed by atoms with Crippen LogP contribution in [0.3, 0.4) is 0 Å². The highest BCUT2D eigenvalue weighted by Crippen LogP contribution is 2.31. The van der Waals surface area contributed by atoms with Crippen molar-refractivity contribution in [1.29, 1.82) is 0 Å². The van der Waals surface area contributed by atoms with Gasteiger partial charge in [0, 0.05) is 24.7 Å².